The lowest BCUT2D eigenvalue weighted by molar-refractivity contribution is 0.129. The molecule has 5 nitrogen and oxygen atoms in total. The van der Waals surface area contributed by atoms with Gasteiger partial charge in [0.25, 0.3) is 0 Å². The summed E-state index contributed by atoms with van der Waals surface area (Å²) in [4.78, 5) is 4.84. The number of hydrogen-bond acceptors (Lipinski definition) is 3. The maximum atomic E-state index is 5.51. The number of halogens is 1. The number of nitrogens with zero attached hydrogens (tertiary/aromatic N) is 1. The van der Waals surface area contributed by atoms with Gasteiger partial charge in [-0.15, -0.1) is 24.0 Å². The van der Waals surface area contributed by atoms with E-state index in [1.54, 1.807) is 6.26 Å². The molecule has 1 aromatic rings. The van der Waals surface area contributed by atoms with E-state index in [-0.39, 0.29) is 24.0 Å². The first-order chi connectivity index (χ1) is 11.8. The molecule has 2 rings (SSSR count). The van der Waals surface area contributed by atoms with E-state index in [0.717, 1.165) is 63.8 Å². The van der Waals surface area contributed by atoms with Crippen molar-refractivity contribution in [3.05, 3.63) is 24.2 Å². The second-order valence-electron chi connectivity index (χ2n) is 6.65. The van der Waals surface area contributed by atoms with Gasteiger partial charge in [-0.3, -0.25) is 4.99 Å². The molecule has 6 heteroatoms. The second kappa shape index (κ2) is 12.6. The van der Waals surface area contributed by atoms with Crippen LogP contribution < -0.4 is 10.6 Å². The highest BCUT2D eigenvalue weighted by Crippen LogP contribution is 2.48. The van der Waals surface area contributed by atoms with Gasteiger partial charge >= 0.3 is 0 Å². The third kappa shape index (κ3) is 8.94. The fourth-order valence-corrected chi connectivity index (χ4v) is 2.66. The van der Waals surface area contributed by atoms with E-state index in [0.29, 0.717) is 5.41 Å². The summed E-state index contributed by atoms with van der Waals surface area (Å²) >= 11 is 0. The molecule has 0 bridgehead atoms. The van der Waals surface area contributed by atoms with Gasteiger partial charge in [0.1, 0.15) is 5.76 Å². The minimum Gasteiger partial charge on any atom is -0.469 e. The fraction of sp³-hybridized carbons (Fsp3) is 0.737. The largest absolute Gasteiger partial charge is 0.469 e. The van der Waals surface area contributed by atoms with Crippen LogP contribution in [0.25, 0.3) is 0 Å². The SMILES string of the molecule is CCCCNC(=NCC1(CCOCC)CC1)NCCc1ccco1.I. The molecule has 0 amide bonds. The Balaban J connectivity index is 0.00000312. The smallest absolute Gasteiger partial charge is 0.191 e. The van der Waals surface area contributed by atoms with Gasteiger partial charge in [0, 0.05) is 39.3 Å². The van der Waals surface area contributed by atoms with Crippen molar-refractivity contribution in [3.63, 3.8) is 0 Å². The van der Waals surface area contributed by atoms with Crippen molar-refractivity contribution in [2.75, 3.05) is 32.8 Å². The molecule has 0 aliphatic heterocycles. The van der Waals surface area contributed by atoms with Gasteiger partial charge in [-0.25, -0.2) is 0 Å². The molecular formula is C19H34IN3O2. The van der Waals surface area contributed by atoms with Gasteiger partial charge < -0.3 is 19.8 Å². The molecule has 1 heterocycles. The maximum absolute atomic E-state index is 5.51. The Morgan fingerprint density at radius 1 is 1.28 bits per heavy atom. The molecule has 0 unspecified atom stereocenters. The van der Waals surface area contributed by atoms with Crippen molar-refractivity contribution in [1.29, 1.82) is 0 Å². The lowest BCUT2D eigenvalue weighted by Crippen LogP contribution is -2.39. The van der Waals surface area contributed by atoms with Crippen LogP contribution in [-0.4, -0.2) is 38.8 Å². The Kier molecular flexibility index (Phi) is 11.2. The highest BCUT2D eigenvalue weighted by atomic mass is 127. The number of aliphatic imine (C=N–C) groups is 1. The molecule has 0 atom stereocenters. The topological polar surface area (TPSA) is 58.8 Å². The third-order valence-corrected chi connectivity index (χ3v) is 4.58. The Labute approximate surface area is 169 Å². The normalized spacial score (nSPS) is 15.5. The van der Waals surface area contributed by atoms with Crippen molar-refractivity contribution in [3.8, 4) is 0 Å². The summed E-state index contributed by atoms with van der Waals surface area (Å²) in [6, 6.07) is 3.94. The van der Waals surface area contributed by atoms with E-state index in [1.165, 1.54) is 19.3 Å². The zero-order valence-corrected chi connectivity index (χ0v) is 18.0. The minimum absolute atomic E-state index is 0. The summed E-state index contributed by atoms with van der Waals surface area (Å²) in [5.41, 5.74) is 0.384. The van der Waals surface area contributed by atoms with Crippen LogP contribution in [-0.2, 0) is 11.2 Å². The average Bonchev–Trinajstić information content (AvgIpc) is 3.16. The lowest BCUT2D eigenvalue weighted by Gasteiger charge is -2.16. The summed E-state index contributed by atoms with van der Waals surface area (Å²) < 4.78 is 10.9. The van der Waals surface area contributed by atoms with Crippen molar-refractivity contribution < 1.29 is 9.15 Å². The molecule has 0 saturated heterocycles. The molecule has 2 N–H and O–H groups in total. The molecule has 1 saturated carbocycles. The van der Waals surface area contributed by atoms with Crippen LogP contribution in [0, 0.1) is 5.41 Å². The quantitative estimate of drug-likeness (QED) is 0.213. The van der Waals surface area contributed by atoms with Gasteiger partial charge in [0.2, 0.25) is 0 Å². The Morgan fingerprint density at radius 3 is 2.72 bits per heavy atom. The third-order valence-electron chi connectivity index (χ3n) is 4.58. The van der Waals surface area contributed by atoms with Crippen LogP contribution in [0.1, 0.15) is 51.7 Å². The predicted molar refractivity (Wildman–Crippen MR) is 114 cm³/mol. The van der Waals surface area contributed by atoms with Crippen molar-refractivity contribution >= 4 is 29.9 Å². The highest BCUT2D eigenvalue weighted by Gasteiger charge is 2.41. The van der Waals surface area contributed by atoms with E-state index >= 15 is 0 Å². The Morgan fingerprint density at radius 2 is 2.08 bits per heavy atom. The number of furan rings is 1. The average molecular weight is 463 g/mol. The van der Waals surface area contributed by atoms with Gasteiger partial charge in [-0.05, 0) is 50.2 Å². The molecule has 0 radical (unpaired) electrons. The standard InChI is InChI=1S/C19H33N3O2.HI/c1-3-5-12-20-18(21-13-8-17-7-6-14-24-17)22-16-19(9-10-19)11-15-23-4-2;/h6-7,14H,3-5,8-13,15-16H2,1-2H3,(H2,20,21,22);1H. The van der Waals surface area contributed by atoms with Crippen LogP contribution in [0.2, 0.25) is 0 Å². The van der Waals surface area contributed by atoms with Crippen molar-refractivity contribution in [1.82, 2.24) is 10.6 Å². The van der Waals surface area contributed by atoms with Gasteiger partial charge in [-0.1, -0.05) is 13.3 Å². The monoisotopic (exact) mass is 463 g/mol. The predicted octanol–water partition coefficient (Wildman–Crippen LogP) is 3.98. The fourth-order valence-electron chi connectivity index (χ4n) is 2.66. The lowest BCUT2D eigenvalue weighted by atomic mass is 10.0. The van der Waals surface area contributed by atoms with Crippen LogP contribution >= 0.6 is 24.0 Å². The highest BCUT2D eigenvalue weighted by molar-refractivity contribution is 14.0. The number of nitrogens with one attached hydrogen (secondary N) is 2. The van der Waals surface area contributed by atoms with Crippen LogP contribution in [0.15, 0.2) is 27.8 Å². The van der Waals surface area contributed by atoms with Crippen LogP contribution in [0.5, 0.6) is 0 Å². The van der Waals surface area contributed by atoms with Gasteiger partial charge in [-0.2, -0.15) is 0 Å². The maximum Gasteiger partial charge on any atom is 0.191 e. The molecule has 1 aliphatic rings. The van der Waals surface area contributed by atoms with Crippen molar-refractivity contribution in [2.24, 2.45) is 10.4 Å². The molecule has 25 heavy (non-hydrogen) atoms. The van der Waals surface area contributed by atoms with E-state index in [4.69, 9.17) is 14.1 Å². The zero-order chi connectivity index (χ0) is 17.1. The number of rotatable bonds is 12. The molecule has 0 aromatic carbocycles. The number of ether oxygens (including phenoxy) is 1. The van der Waals surface area contributed by atoms with E-state index < -0.39 is 0 Å². The Hall–Kier alpha value is -0.760. The first-order valence-corrected chi connectivity index (χ1v) is 9.40. The summed E-state index contributed by atoms with van der Waals surface area (Å²) in [6.45, 7) is 8.61. The summed E-state index contributed by atoms with van der Waals surface area (Å²) in [5.74, 6) is 1.93. The van der Waals surface area contributed by atoms with Gasteiger partial charge in [0.15, 0.2) is 5.96 Å². The zero-order valence-electron chi connectivity index (χ0n) is 15.7. The number of hydrogen-bond donors (Lipinski definition) is 2. The number of guanidine groups is 1. The first-order valence-electron chi connectivity index (χ1n) is 9.40. The number of unbranched alkanes of at least 4 members (excludes halogenated alkanes) is 1. The van der Waals surface area contributed by atoms with Gasteiger partial charge in [0.05, 0.1) is 6.26 Å². The molecule has 1 aromatic heterocycles. The van der Waals surface area contributed by atoms with E-state index in [9.17, 15) is 0 Å². The molecule has 144 valence electrons. The Bertz CT molecular complexity index is 473. The van der Waals surface area contributed by atoms with Crippen molar-refractivity contribution in [2.45, 2.75) is 52.4 Å². The molecular weight excluding hydrogens is 429 g/mol. The van der Waals surface area contributed by atoms with Crippen LogP contribution in [0.4, 0.5) is 0 Å². The minimum atomic E-state index is 0. The van der Waals surface area contributed by atoms with Crippen LogP contribution in [0.3, 0.4) is 0 Å². The summed E-state index contributed by atoms with van der Waals surface area (Å²) in [7, 11) is 0. The summed E-state index contributed by atoms with van der Waals surface area (Å²) in [5, 5.41) is 6.88. The molecule has 1 fully saturated rings. The van der Waals surface area contributed by atoms with E-state index in [2.05, 4.69) is 24.5 Å². The molecule has 0 spiro atoms. The summed E-state index contributed by atoms with van der Waals surface area (Å²) in [6.07, 6.45) is 8.62. The first kappa shape index (κ1) is 22.3. The molecule has 1 aliphatic carbocycles. The van der Waals surface area contributed by atoms with E-state index in [1.807, 2.05) is 12.1 Å². The second-order valence-corrected chi connectivity index (χ2v) is 6.65.